The first-order chi connectivity index (χ1) is 5.77. The highest BCUT2D eigenvalue weighted by Gasteiger charge is 1.99. The lowest BCUT2D eigenvalue weighted by molar-refractivity contribution is -0.103. The Hall–Kier alpha value is -1.64. The summed E-state index contributed by atoms with van der Waals surface area (Å²) in [6.07, 6.45) is 1.20. The van der Waals surface area contributed by atoms with E-state index in [1.165, 1.54) is 24.3 Å². The quantitative estimate of drug-likeness (QED) is 0.414. The molecule has 3 heteroatoms. The van der Waals surface area contributed by atoms with E-state index in [9.17, 15) is 9.18 Å². The van der Waals surface area contributed by atoms with Crippen molar-refractivity contribution in [3.8, 4) is 0 Å². The first-order valence-electron chi connectivity index (χ1n) is 3.33. The fraction of sp³-hybridized carbons (Fsp3) is 0. The van der Waals surface area contributed by atoms with E-state index < -0.39 is 0 Å². The summed E-state index contributed by atoms with van der Waals surface area (Å²) in [6.45, 7) is 0. The number of aliphatic hydroxyl groups excluding tert-OH is 1. The summed E-state index contributed by atoms with van der Waals surface area (Å²) < 4.78 is 12.4. The van der Waals surface area contributed by atoms with E-state index in [0.717, 1.165) is 0 Å². The molecule has 0 fully saturated rings. The van der Waals surface area contributed by atoms with Gasteiger partial charge in [-0.05, 0) is 17.7 Å². The molecule has 12 heavy (non-hydrogen) atoms. The van der Waals surface area contributed by atoms with Crippen LogP contribution in [0.5, 0.6) is 0 Å². The zero-order valence-electron chi connectivity index (χ0n) is 6.20. The minimum atomic E-state index is -0.373. The normalized spacial score (nSPS) is 11.2. The van der Waals surface area contributed by atoms with Crippen molar-refractivity contribution in [2.24, 2.45) is 0 Å². The monoisotopic (exact) mass is 166 g/mol. The van der Waals surface area contributed by atoms with E-state index in [1.807, 2.05) is 0 Å². The van der Waals surface area contributed by atoms with Crippen molar-refractivity contribution < 1.29 is 14.3 Å². The van der Waals surface area contributed by atoms with Gasteiger partial charge in [0.15, 0.2) is 6.29 Å². The molecule has 0 bridgehead atoms. The number of carbonyl (C=O) groups is 1. The van der Waals surface area contributed by atoms with E-state index in [1.54, 1.807) is 0 Å². The first kappa shape index (κ1) is 8.46. The summed E-state index contributed by atoms with van der Waals surface area (Å²) in [4.78, 5) is 10.3. The van der Waals surface area contributed by atoms with Crippen LogP contribution in [-0.2, 0) is 4.79 Å². The van der Waals surface area contributed by atoms with E-state index >= 15 is 0 Å². The molecule has 2 nitrogen and oxygen atoms in total. The number of halogens is 1. The van der Waals surface area contributed by atoms with Gasteiger partial charge >= 0.3 is 0 Å². The molecule has 0 saturated carbocycles. The van der Waals surface area contributed by atoms with Crippen LogP contribution in [0.1, 0.15) is 5.56 Å². The van der Waals surface area contributed by atoms with Crippen LogP contribution in [0.3, 0.4) is 0 Å². The topological polar surface area (TPSA) is 37.3 Å². The van der Waals surface area contributed by atoms with Gasteiger partial charge < -0.3 is 5.11 Å². The molecule has 1 aromatic carbocycles. The number of carbonyl (C=O) groups excluding carboxylic acids is 1. The lowest BCUT2D eigenvalue weighted by Gasteiger charge is -1.96. The standard InChI is InChI=1S/C9H7FO2/c10-9-3-1-7(2-4-9)8(5-11)6-12/h1-6,11H/b8-5-. The van der Waals surface area contributed by atoms with E-state index in [0.29, 0.717) is 18.1 Å². The van der Waals surface area contributed by atoms with Crippen LogP contribution >= 0.6 is 0 Å². The van der Waals surface area contributed by atoms with Crippen LogP contribution in [-0.4, -0.2) is 11.4 Å². The van der Waals surface area contributed by atoms with Gasteiger partial charge in [0, 0.05) is 0 Å². The summed E-state index contributed by atoms with van der Waals surface area (Å²) in [6, 6.07) is 5.29. The molecule has 0 radical (unpaired) electrons. The van der Waals surface area contributed by atoms with Crippen molar-refractivity contribution in [1.82, 2.24) is 0 Å². The number of rotatable bonds is 2. The Kier molecular flexibility index (Phi) is 2.58. The molecular formula is C9H7FO2. The fourth-order valence-electron chi connectivity index (χ4n) is 0.815. The predicted octanol–water partition coefficient (Wildman–Crippen LogP) is 1.92. The highest BCUT2D eigenvalue weighted by atomic mass is 19.1. The summed E-state index contributed by atoms with van der Waals surface area (Å²) in [5, 5.41) is 8.56. The van der Waals surface area contributed by atoms with Gasteiger partial charge in [0.25, 0.3) is 0 Å². The van der Waals surface area contributed by atoms with Crippen LogP contribution in [0.4, 0.5) is 4.39 Å². The Balaban J connectivity index is 3.04. The molecule has 0 atom stereocenters. The third-order valence-corrected chi connectivity index (χ3v) is 1.44. The molecule has 0 aliphatic rings. The maximum Gasteiger partial charge on any atom is 0.153 e. The maximum absolute atomic E-state index is 12.4. The van der Waals surface area contributed by atoms with Crippen molar-refractivity contribution in [3.63, 3.8) is 0 Å². The van der Waals surface area contributed by atoms with Gasteiger partial charge in [-0.15, -0.1) is 0 Å². The second-order valence-electron chi connectivity index (χ2n) is 2.21. The number of benzene rings is 1. The molecule has 0 aromatic heterocycles. The van der Waals surface area contributed by atoms with Crippen molar-refractivity contribution in [1.29, 1.82) is 0 Å². The molecule has 62 valence electrons. The van der Waals surface area contributed by atoms with Gasteiger partial charge in [0.1, 0.15) is 5.82 Å². The molecule has 0 heterocycles. The molecular weight excluding hydrogens is 159 g/mol. The molecule has 0 aliphatic heterocycles. The van der Waals surface area contributed by atoms with Crippen molar-refractivity contribution in [2.75, 3.05) is 0 Å². The third kappa shape index (κ3) is 1.69. The van der Waals surface area contributed by atoms with Gasteiger partial charge in [0.05, 0.1) is 11.8 Å². The van der Waals surface area contributed by atoms with E-state index in [4.69, 9.17) is 5.11 Å². The number of hydrogen-bond donors (Lipinski definition) is 1. The van der Waals surface area contributed by atoms with Gasteiger partial charge in [-0.3, -0.25) is 4.79 Å². The molecule has 0 spiro atoms. The van der Waals surface area contributed by atoms with Gasteiger partial charge in [-0.1, -0.05) is 12.1 Å². The lowest BCUT2D eigenvalue weighted by atomic mass is 10.1. The number of hydrogen-bond acceptors (Lipinski definition) is 2. The fourth-order valence-corrected chi connectivity index (χ4v) is 0.815. The molecule has 1 rings (SSSR count). The third-order valence-electron chi connectivity index (χ3n) is 1.44. The van der Waals surface area contributed by atoms with Crippen LogP contribution in [0.2, 0.25) is 0 Å². The van der Waals surface area contributed by atoms with Crippen molar-refractivity contribution in [2.45, 2.75) is 0 Å². The van der Waals surface area contributed by atoms with E-state index in [2.05, 4.69) is 0 Å². The second-order valence-corrected chi connectivity index (χ2v) is 2.21. The first-order valence-corrected chi connectivity index (χ1v) is 3.33. The molecule has 1 N–H and O–H groups in total. The average Bonchev–Trinajstić information content (AvgIpc) is 2.10. The summed E-state index contributed by atoms with van der Waals surface area (Å²) in [5.74, 6) is -0.373. The molecule has 0 saturated heterocycles. The Labute approximate surface area is 69.0 Å². The summed E-state index contributed by atoms with van der Waals surface area (Å²) in [7, 11) is 0. The molecule has 0 unspecified atom stereocenters. The lowest BCUT2D eigenvalue weighted by Crippen LogP contribution is -1.85. The molecule has 1 aromatic rings. The Bertz CT molecular complexity index is 301. The second kappa shape index (κ2) is 3.67. The Morgan fingerprint density at radius 2 is 1.92 bits per heavy atom. The Morgan fingerprint density at radius 3 is 2.33 bits per heavy atom. The molecule has 0 aliphatic carbocycles. The van der Waals surface area contributed by atoms with Gasteiger partial charge in [0.2, 0.25) is 0 Å². The number of aldehydes is 1. The van der Waals surface area contributed by atoms with E-state index in [-0.39, 0.29) is 11.4 Å². The highest BCUT2D eigenvalue weighted by molar-refractivity contribution is 6.06. The minimum absolute atomic E-state index is 0.134. The number of allylic oxidation sites excluding steroid dienone is 1. The van der Waals surface area contributed by atoms with Crippen LogP contribution in [0.25, 0.3) is 5.57 Å². The highest BCUT2D eigenvalue weighted by Crippen LogP contribution is 2.11. The Morgan fingerprint density at radius 1 is 1.33 bits per heavy atom. The molecule has 0 amide bonds. The van der Waals surface area contributed by atoms with Crippen LogP contribution < -0.4 is 0 Å². The SMILES string of the molecule is O=C/C(=C/O)c1ccc(F)cc1. The summed E-state index contributed by atoms with van der Waals surface area (Å²) in [5.41, 5.74) is 0.629. The van der Waals surface area contributed by atoms with Gasteiger partial charge in [-0.2, -0.15) is 0 Å². The maximum atomic E-state index is 12.4. The van der Waals surface area contributed by atoms with Gasteiger partial charge in [-0.25, -0.2) is 4.39 Å². The van der Waals surface area contributed by atoms with Crippen LogP contribution in [0, 0.1) is 5.82 Å². The number of aliphatic hydroxyl groups is 1. The summed E-state index contributed by atoms with van der Waals surface area (Å²) >= 11 is 0. The zero-order valence-corrected chi connectivity index (χ0v) is 6.20. The predicted molar refractivity (Wildman–Crippen MR) is 43.1 cm³/mol. The zero-order chi connectivity index (χ0) is 8.97. The largest absolute Gasteiger partial charge is 0.515 e. The van der Waals surface area contributed by atoms with Crippen molar-refractivity contribution in [3.05, 3.63) is 41.9 Å². The van der Waals surface area contributed by atoms with Crippen LogP contribution in [0.15, 0.2) is 30.5 Å². The van der Waals surface area contributed by atoms with Crippen molar-refractivity contribution >= 4 is 11.9 Å². The average molecular weight is 166 g/mol. The smallest absolute Gasteiger partial charge is 0.153 e. The minimum Gasteiger partial charge on any atom is -0.515 e.